The van der Waals surface area contributed by atoms with Crippen LogP contribution in [0.25, 0.3) is 6.08 Å². The number of nitrogens with one attached hydrogen (secondary N) is 3. The fraction of sp³-hybridized carbons (Fsp3) is 0.609. The lowest BCUT2D eigenvalue weighted by Crippen LogP contribution is -2.60. The highest BCUT2D eigenvalue weighted by Gasteiger charge is 2.43. The Kier molecular flexibility index (Phi) is 19.6. The van der Waals surface area contributed by atoms with E-state index in [2.05, 4.69) is 41.9 Å². The molecule has 2 aromatic rings. The minimum atomic E-state index is -0.643. The van der Waals surface area contributed by atoms with Crippen LogP contribution in [0, 0.1) is 23.7 Å². The summed E-state index contributed by atoms with van der Waals surface area (Å²) in [5.41, 5.74) is 2.16. The second kappa shape index (κ2) is 23.5. The van der Waals surface area contributed by atoms with Crippen LogP contribution in [0.15, 0.2) is 66.7 Å². The van der Waals surface area contributed by atoms with Crippen molar-refractivity contribution in [2.45, 2.75) is 123 Å². The molecule has 4 amide bonds. The quantitative estimate of drug-likeness (QED) is 0.138. The largest absolute Gasteiger partial charge is 0.379 e. The molecule has 0 spiro atoms. The van der Waals surface area contributed by atoms with Gasteiger partial charge < -0.3 is 25.0 Å². The van der Waals surface area contributed by atoms with Crippen LogP contribution in [-0.2, 0) is 35.1 Å². The zero-order valence-electron chi connectivity index (χ0n) is 36.4. The van der Waals surface area contributed by atoms with Crippen molar-refractivity contribution in [2.24, 2.45) is 23.7 Å². The Balaban J connectivity index is 1.80. The van der Waals surface area contributed by atoms with Crippen LogP contribution < -0.4 is 16.0 Å². The highest BCUT2D eigenvalue weighted by Crippen LogP contribution is 2.30. The predicted molar refractivity (Wildman–Crippen MR) is 228 cm³/mol. The molecular weight excluding hydrogens is 719 g/mol. The highest BCUT2D eigenvalue weighted by atomic mass is 16.5. The van der Waals surface area contributed by atoms with E-state index in [1.165, 1.54) is 0 Å². The number of ether oxygens (including phenoxy) is 2. The molecule has 0 bridgehead atoms. The molecule has 3 rings (SSSR count). The molecule has 57 heavy (non-hydrogen) atoms. The molecule has 0 radical (unpaired) electrons. The standard InChI is InChI=1S/C46H71N5O6/c1-12-32(6)42(50(9)41(31(4)5)46(55)49-45(54)40(47-8)30(2)3)38(56-10)29-39(52)51-27-19-24-37(51)43(57-11)33(7)44(53)48-36(28-35-22-17-14-18-23-35)26-25-34-20-15-13-16-21-34/h13-18,20-23,25-26,30-33,36-38,40-43,47H,12,19,24,27-29H2,1-11H3,(H,48,53)(H,49,54,55)/t32-,33+,36+,37-,38+,40-,41-,42-,43+/m0/s1. The van der Waals surface area contributed by atoms with Crippen molar-refractivity contribution in [1.29, 1.82) is 0 Å². The van der Waals surface area contributed by atoms with E-state index < -0.39 is 30.2 Å². The summed E-state index contributed by atoms with van der Waals surface area (Å²) < 4.78 is 12.2. The maximum atomic E-state index is 14.4. The topological polar surface area (TPSA) is 129 Å². The van der Waals surface area contributed by atoms with Crippen molar-refractivity contribution < 1.29 is 28.7 Å². The second-order valence-electron chi connectivity index (χ2n) is 16.4. The van der Waals surface area contributed by atoms with Gasteiger partial charge in [-0.3, -0.25) is 29.4 Å². The van der Waals surface area contributed by atoms with Crippen LogP contribution in [0.5, 0.6) is 0 Å². The molecular formula is C46H71N5O6. The average Bonchev–Trinajstić information content (AvgIpc) is 3.67. The molecule has 1 aliphatic rings. The van der Waals surface area contributed by atoms with Gasteiger partial charge in [0.2, 0.25) is 23.6 Å². The molecule has 0 saturated carbocycles. The Labute approximate surface area is 342 Å². The van der Waals surface area contributed by atoms with Crippen LogP contribution in [0.2, 0.25) is 0 Å². The van der Waals surface area contributed by atoms with Gasteiger partial charge in [-0.1, -0.05) is 128 Å². The summed E-state index contributed by atoms with van der Waals surface area (Å²) in [5, 5.41) is 8.94. The second-order valence-corrected chi connectivity index (χ2v) is 16.4. The maximum Gasteiger partial charge on any atom is 0.244 e. The number of nitrogens with zero attached hydrogens (tertiary/aromatic N) is 2. The first-order valence-electron chi connectivity index (χ1n) is 20.8. The Bertz CT molecular complexity index is 1570. The summed E-state index contributed by atoms with van der Waals surface area (Å²) in [7, 11) is 6.82. The number of carbonyl (C=O) groups excluding carboxylic acids is 4. The van der Waals surface area contributed by atoms with Gasteiger partial charge in [0.15, 0.2) is 0 Å². The fourth-order valence-electron chi connectivity index (χ4n) is 8.52. The van der Waals surface area contributed by atoms with Gasteiger partial charge in [-0.05, 0) is 62.2 Å². The number of carbonyl (C=O) groups is 4. The van der Waals surface area contributed by atoms with Crippen LogP contribution in [0.1, 0.15) is 85.3 Å². The Morgan fingerprint density at radius 3 is 2.05 bits per heavy atom. The normalized spacial score (nSPS) is 18.9. The number of likely N-dealkylation sites (N-methyl/N-ethyl adjacent to an activating group) is 2. The molecule has 0 aliphatic carbocycles. The van der Waals surface area contributed by atoms with Crippen LogP contribution in [-0.4, -0.2) is 111 Å². The molecule has 3 N–H and O–H groups in total. The third-order valence-electron chi connectivity index (χ3n) is 11.7. The number of hydrogen-bond donors (Lipinski definition) is 3. The summed E-state index contributed by atoms with van der Waals surface area (Å²) in [6, 6.07) is 18.1. The molecule has 1 heterocycles. The van der Waals surface area contributed by atoms with E-state index in [0.717, 1.165) is 24.0 Å². The van der Waals surface area contributed by atoms with Gasteiger partial charge in [-0.2, -0.15) is 0 Å². The monoisotopic (exact) mass is 790 g/mol. The van der Waals surface area contributed by atoms with Crippen molar-refractivity contribution >= 4 is 29.7 Å². The van der Waals surface area contributed by atoms with Gasteiger partial charge in [0.25, 0.3) is 0 Å². The molecule has 0 unspecified atom stereocenters. The van der Waals surface area contributed by atoms with Gasteiger partial charge >= 0.3 is 0 Å². The van der Waals surface area contributed by atoms with Gasteiger partial charge in [-0.25, -0.2) is 0 Å². The average molecular weight is 790 g/mol. The number of amides is 4. The minimum absolute atomic E-state index is 0.00194. The first-order chi connectivity index (χ1) is 27.2. The molecule has 11 heteroatoms. The van der Waals surface area contributed by atoms with Crippen molar-refractivity contribution in [1.82, 2.24) is 25.8 Å². The van der Waals surface area contributed by atoms with Gasteiger partial charge in [-0.15, -0.1) is 0 Å². The zero-order chi connectivity index (χ0) is 42.2. The number of rotatable bonds is 22. The molecule has 1 saturated heterocycles. The number of hydrogen-bond acceptors (Lipinski definition) is 8. The van der Waals surface area contributed by atoms with Crippen molar-refractivity contribution in [3.8, 4) is 0 Å². The molecule has 2 aromatic carbocycles. The van der Waals surface area contributed by atoms with Gasteiger partial charge in [0.05, 0.1) is 48.7 Å². The zero-order valence-corrected chi connectivity index (χ0v) is 36.4. The first-order valence-corrected chi connectivity index (χ1v) is 20.8. The van der Waals surface area contributed by atoms with E-state index >= 15 is 0 Å². The molecule has 9 atom stereocenters. The lowest BCUT2D eigenvalue weighted by molar-refractivity contribution is -0.144. The predicted octanol–water partition coefficient (Wildman–Crippen LogP) is 5.73. The Morgan fingerprint density at radius 1 is 0.877 bits per heavy atom. The van der Waals surface area contributed by atoms with E-state index in [-0.39, 0.29) is 65.9 Å². The van der Waals surface area contributed by atoms with Crippen LogP contribution in [0.4, 0.5) is 0 Å². The van der Waals surface area contributed by atoms with Crippen molar-refractivity contribution in [3.05, 3.63) is 77.9 Å². The van der Waals surface area contributed by atoms with Crippen molar-refractivity contribution in [2.75, 3.05) is 34.9 Å². The number of likely N-dealkylation sites (tertiary alicyclic amines) is 1. The number of benzene rings is 2. The number of imide groups is 1. The van der Waals surface area contributed by atoms with E-state index in [1.54, 1.807) is 21.3 Å². The highest BCUT2D eigenvalue weighted by molar-refractivity contribution is 6.00. The van der Waals surface area contributed by atoms with Crippen molar-refractivity contribution in [3.63, 3.8) is 0 Å². The molecule has 0 aromatic heterocycles. The van der Waals surface area contributed by atoms with Crippen LogP contribution >= 0.6 is 0 Å². The summed E-state index contributed by atoms with van der Waals surface area (Å²) in [5.74, 6) is -1.57. The fourth-order valence-corrected chi connectivity index (χ4v) is 8.52. The molecule has 316 valence electrons. The third kappa shape index (κ3) is 13.3. The van der Waals surface area contributed by atoms with E-state index in [9.17, 15) is 19.2 Å². The summed E-state index contributed by atoms with van der Waals surface area (Å²) in [4.78, 5) is 59.1. The summed E-state index contributed by atoms with van der Waals surface area (Å²) in [6.07, 6.45) is 6.01. The number of methoxy groups -OCH3 is 2. The minimum Gasteiger partial charge on any atom is -0.379 e. The lowest BCUT2D eigenvalue weighted by Gasteiger charge is -2.43. The SMILES string of the molecule is CC[C@H](C)[C@@H]([C@@H](CC(=O)N1CCC[C@H]1[C@H](OC)[C@@H](C)C(=O)N[C@H](C=Cc1ccccc1)Cc1ccccc1)OC)N(C)[C@H](C(=O)NC(=O)[C@@H](NC)C(C)C)C(C)C. The van der Waals surface area contributed by atoms with Gasteiger partial charge in [0, 0.05) is 26.8 Å². The first kappa shape index (κ1) is 47.5. The lowest BCUT2D eigenvalue weighted by atomic mass is 9.87. The molecule has 1 aliphatic heterocycles. The maximum absolute atomic E-state index is 14.4. The van der Waals surface area contributed by atoms with E-state index in [4.69, 9.17) is 9.47 Å². The van der Waals surface area contributed by atoms with E-state index in [0.29, 0.717) is 19.4 Å². The van der Waals surface area contributed by atoms with E-state index in [1.807, 2.05) is 112 Å². The Morgan fingerprint density at radius 2 is 1.51 bits per heavy atom. The van der Waals surface area contributed by atoms with Gasteiger partial charge in [0.1, 0.15) is 0 Å². The smallest absolute Gasteiger partial charge is 0.244 e. The summed E-state index contributed by atoms with van der Waals surface area (Å²) >= 11 is 0. The Hall–Kier alpha value is -3.90. The molecule has 11 nitrogen and oxygen atoms in total. The van der Waals surface area contributed by atoms with Crippen LogP contribution in [0.3, 0.4) is 0 Å². The third-order valence-corrected chi connectivity index (χ3v) is 11.7. The summed E-state index contributed by atoms with van der Waals surface area (Å²) in [6.45, 7) is 14.4. The molecule has 1 fully saturated rings.